The second kappa shape index (κ2) is 11.5. The van der Waals surface area contributed by atoms with E-state index in [0.29, 0.717) is 25.9 Å². The Morgan fingerprint density at radius 1 is 1.00 bits per heavy atom. The molecule has 5 saturated carbocycles. The zero-order chi connectivity index (χ0) is 34.7. The molecule has 12 heteroatoms. The van der Waals surface area contributed by atoms with Gasteiger partial charge in [-0.25, -0.2) is 9.69 Å². The number of hydrogen-bond donors (Lipinski definition) is 1. The smallest absolute Gasteiger partial charge is 0.340 e. The molecule has 49 heavy (non-hydrogen) atoms. The summed E-state index contributed by atoms with van der Waals surface area (Å²) in [6, 6.07) is 6.31. The Morgan fingerprint density at radius 2 is 1.73 bits per heavy atom. The van der Waals surface area contributed by atoms with Crippen molar-refractivity contribution in [3.8, 4) is 0 Å². The van der Waals surface area contributed by atoms with E-state index in [4.69, 9.17) is 28.4 Å². The number of esters is 1. The second-order valence-corrected chi connectivity index (χ2v) is 15.6. The first-order valence-corrected chi connectivity index (χ1v) is 17.8. The van der Waals surface area contributed by atoms with Crippen molar-refractivity contribution in [1.29, 1.82) is 0 Å². The van der Waals surface area contributed by atoms with E-state index in [1.54, 1.807) is 59.8 Å². The molecule has 2 amide bonds. The SMILES string of the molecule is CCN1C[C@]2(COC(=O)c3ccccc3N3C(=O)CCC3=O)CC[C@H](OC)[C@]34C1[C@](O)([C@@H](OC)[C@H]23)[C@@]1(OC)C[C@H](OC)[C@H]2C[C@@H]4[C@@H]1[C@H]2OC. The minimum atomic E-state index is -1.46. The number of benzene rings is 1. The molecule has 13 atom stereocenters. The van der Waals surface area contributed by atoms with Crippen molar-refractivity contribution in [2.24, 2.45) is 34.5 Å². The van der Waals surface area contributed by atoms with Crippen molar-refractivity contribution >= 4 is 23.5 Å². The lowest BCUT2D eigenvalue weighted by Crippen LogP contribution is -2.82. The van der Waals surface area contributed by atoms with Crippen LogP contribution in [0.2, 0.25) is 0 Å². The summed E-state index contributed by atoms with van der Waals surface area (Å²) in [5, 5.41) is 13.8. The Hall–Kier alpha value is -2.45. The van der Waals surface area contributed by atoms with E-state index >= 15 is 0 Å². The lowest BCUT2D eigenvalue weighted by molar-refractivity contribution is -0.326. The normalized spacial score (nSPS) is 46.4. The number of aliphatic hydroxyl groups is 1. The predicted molar refractivity (Wildman–Crippen MR) is 175 cm³/mol. The van der Waals surface area contributed by atoms with Crippen LogP contribution in [0, 0.1) is 34.5 Å². The minimum Gasteiger partial charge on any atom is -0.461 e. The third-order valence-electron chi connectivity index (χ3n) is 14.5. The first kappa shape index (κ1) is 33.7. The lowest BCUT2D eigenvalue weighted by Gasteiger charge is -2.70. The van der Waals surface area contributed by atoms with Gasteiger partial charge in [-0.3, -0.25) is 14.5 Å². The molecule has 7 fully saturated rings. The third-order valence-corrected chi connectivity index (χ3v) is 14.5. The lowest BCUT2D eigenvalue weighted by atomic mass is 9.42. The monoisotopic (exact) mass is 682 g/mol. The first-order valence-electron chi connectivity index (χ1n) is 17.8. The van der Waals surface area contributed by atoms with E-state index in [1.165, 1.54) is 0 Å². The maximum Gasteiger partial charge on any atom is 0.340 e. The fraction of sp³-hybridized carbons (Fsp3) is 0.757. The largest absolute Gasteiger partial charge is 0.461 e. The molecule has 0 aromatic heterocycles. The van der Waals surface area contributed by atoms with Crippen LogP contribution in [0.15, 0.2) is 24.3 Å². The van der Waals surface area contributed by atoms with Gasteiger partial charge in [0.05, 0.1) is 48.3 Å². The average Bonchev–Trinajstić information content (AvgIpc) is 3.68. The van der Waals surface area contributed by atoms with E-state index < -0.39 is 34.1 Å². The quantitative estimate of drug-likeness (QED) is 0.288. The Labute approximate surface area is 287 Å². The van der Waals surface area contributed by atoms with Crippen LogP contribution in [0.1, 0.15) is 55.8 Å². The Morgan fingerprint density at radius 3 is 2.37 bits per heavy atom. The average molecular weight is 683 g/mol. The van der Waals surface area contributed by atoms with Crippen LogP contribution in [0.3, 0.4) is 0 Å². The number of likely N-dealkylation sites (N-methyl/N-ethyl adjacent to an activating group) is 1. The molecule has 0 radical (unpaired) electrons. The molecule has 1 N–H and O–H groups in total. The van der Waals surface area contributed by atoms with Gasteiger partial charge in [0.25, 0.3) is 0 Å². The van der Waals surface area contributed by atoms with Crippen LogP contribution in [0.25, 0.3) is 0 Å². The fourth-order valence-electron chi connectivity index (χ4n) is 13.3. The number of nitrogens with zero attached hydrogens (tertiary/aromatic N) is 2. The summed E-state index contributed by atoms with van der Waals surface area (Å²) in [5.41, 5.74) is -3.21. The highest BCUT2D eigenvalue weighted by Crippen LogP contribution is 2.81. The zero-order valence-corrected chi connectivity index (χ0v) is 29.4. The molecular weight excluding hydrogens is 632 g/mol. The first-order chi connectivity index (χ1) is 23.6. The highest BCUT2D eigenvalue weighted by molar-refractivity contribution is 6.21. The zero-order valence-electron chi connectivity index (χ0n) is 29.4. The summed E-state index contributed by atoms with van der Waals surface area (Å²) in [6.07, 6.45) is 1.84. The summed E-state index contributed by atoms with van der Waals surface area (Å²) in [5.74, 6) is -1.42. The summed E-state index contributed by atoms with van der Waals surface area (Å²) >= 11 is 0. The van der Waals surface area contributed by atoms with E-state index in [0.717, 1.165) is 17.7 Å². The number of likely N-dealkylation sites (tertiary alicyclic amines) is 1. The number of ether oxygens (including phenoxy) is 6. The topological polar surface area (TPSA) is 133 Å². The number of rotatable bonds is 10. The van der Waals surface area contributed by atoms with Crippen molar-refractivity contribution in [3.63, 3.8) is 0 Å². The van der Waals surface area contributed by atoms with E-state index in [2.05, 4.69) is 11.8 Å². The Balaban J connectivity index is 1.25. The van der Waals surface area contributed by atoms with E-state index in [9.17, 15) is 19.5 Å². The highest BCUT2D eigenvalue weighted by Gasteiger charge is 2.92. The van der Waals surface area contributed by atoms with Gasteiger partial charge < -0.3 is 33.5 Å². The Kier molecular flexibility index (Phi) is 7.92. The molecule has 12 nitrogen and oxygen atoms in total. The summed E-state index contributed by atoms with van der Waals surface area (Å²) in [6.45, 7) is 3.46. The van der Waals surface area contributed by atoms with Crippen molar-refractivity contribution in [2.45, 2.75) is 87.1 Å². The molecule has 8 rings (SSSR count). The van der Waals surface area contributed by atoms with Crippen molar-refractivity contribution in [3.05, 3.63) is 29.8 Å². The molecule has 5 aliphatic carbocycles. The van der Waals surface area contributed by atoms with Gasteiger partial charge in [-0.05, 0) is 43.9 Å². The van der Waals surface area contributed by atoms with Gasteiger partial charge in [0, 0.05) is 89.9 Å². The van der Waals surface area contributed by atoms with Gasteiger partial charge in [0.1, 0.15) is 11.2 Å². The van der Waals surface area contributed by atoms with Crippen molar-refractivity contribution in [1.82, 2.24) is 4.90 Å². The standard InChI is InChI=1S/C37H50N2O10/c1-7-38-18-34(19-49-32(42)20-10-8-9-11-23(20)39-26(40)12-13-27(39)41)15-14-25(45-3)36-22-16-21-24(44-2)17-35(48-6,28(22)29(21)46-4)37(43,33(36)38)31(47-5)30(34)36/h8-11,21-22,24-25,28-31,33,43H,7,12-19H2,1-6H3/t21-,22-,24+,25+,28-,29+,30-,31+,33?,34+,35-,36+,37-/m1/s1. The molecule has 1 aromatic rings. The van der Waals surface area contributed by atoms with Crippen molar-refractivity contribution in [2.75, 3.05) is 60.1 Å². The van der Waals surface area contributed by atoms with Gasteiger partial charge in [-0.2, -0.15) is 0 Å². The number of carbonyl (C=O) groups excluding carboxylic acids is 3. The Bertz CT molecular complexity index is 1520. The van der Waals surface area contributed by atoms with E-state index in [1.807, 2.05) is 0 Å². The van der Waals surface area contributed by atoms with Gasteiger partial charge in [-0.15, -0.1) is 0 Å². The van der Waals surface area contributed by atoms with Crippen molar-refractivity contribution < 1.29 is 47.9 Å². The molecule has 2 heterocycles. The van der Waals surface area contributed by atoms with Crippen LogP contribution in [0.4, 0.5) is 5.69 Å². The summed E-state index contributed by atoms with van der Waals surface area (Å²) in [4.78, 5) is 42.9. The number of carbonyl (C=O) groups is 3. The van der Waals surface area contributed by atoms with E-state index in [-0.39, 0.29) is 90.5 Å². The third kappa shape index (κ3) is 3.86. The number of amides is 2. The number of fused-ring (bicyclic) bond motifs is 2. The second-order valence-electron chi connectivity index (χ2n) is 15.6. The van der Waals surface area contributed by atoms with Crippen LogP contribution in [-0.2, 0) is 38.0 Å². The maximum absolute atomic E-state index is 14.0. The van der Waals surface area contributed by atoms with Crippen LogP contribution in [0.5, 0.6) is 0 Å². The molecule has 1 spiro atoms. The molecule has 7 aliphatic rings. The van der Waals surface area contributed by atoms with Gasteiger partial charge in [0.2, 0.25) is 11.8 Å². The molecule has 2 saturated heterocycles. The number of anilines is 1. The maximum atomic E-state index is 14.0. The van der Waals surface area contributed by atoms with Crippen LogP contribution in [-0.4, -0.2) is 125 Å². The number of piperidine rings is 1. The number of imide groups is 1. The number of para-hydroxylation sites is 1. The molecule has 7 bridgehead atoms. The fourth-order valence-corrected chi connectivity index (χ4v) is 13.3. The predicted octanol–water partition coefficient (Wildman–Crippen LogP) is 2.44. The number of hydrogen-bond acceptors (Lipinski definition) is 11. The molecule has 1 aromatic carbocycles. The molecular formula is C37H50N2O10. The van der Waals surface area contributed by atoms with Crippen LogP contribution >= 0.6 is 0 Å². The highest BCUT2D eigenvalue weighted by atomic mass is 16.6. The molecule has 268 valence electrons. The minimum absolute atomic E-state index is 0.0561. The van der Waals surface area contributed by atoms with Crippen LogP contribution < -0.4 is 4.90 Å². The number of methoxy groups -OCH3 is 5. The molecule has 1 unspecified atom stereocenters. The van der Waals surface area contributed by atoms with Gasteiger partial charge >= 0.3 is 5.97 Å². The van der Waals surface area contributed by atoms with Gasteiger partial charge in [-0.1, -0.05) is 19.1 Å². The van der Waals surface area contributed by atoms with Gasteiger partial charge in [0.15, 0.2) is 0 Å². The molecule has 2 aliphatic heterocycles. The summed E-state index contributed by atoms with van der Waals surface area (Å²) in [7, 11) is 8.65. The summed E-state index contributed by atoms with van der Waals surface area (Å²) < 4.78 is 38.6.